The van der Waals surface area contributed by atoms with Crippen molar-refractivity contribution < 1.29 is 31.1 Å². The van der Waals surface area contributed by atoms with E-state index in [0.29, 0.717) is 0 Å². The maximum absolute atomic E-state index is 13.6. The first-order valence-corrected chi connectivity index (χ1v) is 7.02. The lowest BCUT2D eigenvalue weighted by Gasteiger charge is -2.22. The van der Waals surface area contributed by atoms with E-state index < -0.39 is 46.6 Å². The van der Waals surface area contributed by atoms with Crippen molar-refractivity contribution in [3.63, 3.8) is 0 Å². The molecule has 0 amide bonds. The Morgan fingerprint density at radius 2 is 1.90 bits per heavy atom. The zero-order valence-corrected chi connectivity index (χ0v) is 11.3. The van der Waals surface area contributed by atoms with Gasteiger partial charge >= 0.3 is 6.18 Å². The average Bonchev–Trinajstić information content (AvgIpc) is 2.35. The van der Waals surface area contributed by atoms with Crippen LogP contribution >= 0.6 is 0 Å². The number of hydrogen-bond donors (Lipinski definition) is 1. The first kappa shape index (κ1) is 16.9. The molecule has 0 radical (unpaired) electrons. The van der Waals surface area contributed by atoms with E-state index in [1.165, 1.54) is 6.92 Å². The van der Waals surface area contributed by atoms with Crippen molar-refractivity contribution >= 4 is 10.0 Å². The molecular formula is C11H13F4NO3S. The summed E-state index contributed by atoms with van der Waals surface area (Å²) in [5.41, 5.74) is 0.0908. The van der Waals surface area contributed by atoms with Crippen molar-refractivity contribution in [2.24, 2.45) is 0 Å². The first-order valence-electron chi connectivity index (χ1n) is 5.58. The summed E-state index contributed by atoms with van der Waals surface area (Å²) in [5.74, 6) is -1.16. The van der Waals surface area contributed by atoms with Gasteiger partial charge in [0.1, 0.15) is 17.3 Å². The molecule has 0 bridgehead atoms. The van der Waals surface area contributed by atoms with E-state index in [9.17, 15) is 26.0 Å². The van der Waals surface area contributed by atoms with Gasteiger partial charge in [-0.25, -0.2) is 12.8 Å². The topological polar surface area (TPSA) is 57.6 Å². The molecule has 0 heterocycles. The molecule has 4 nitrogen and oxygen atoms in total. The van der Waals surface area contributed by atoms with Gasteiger partial charge in [-0.3, -0.25) is 0 Å². The summed E-state index contributed by atoms with van der Waals surface area (Å²) in [6.45, 7) is -1.48. The third kappa shape index (κ3) is 3.90. The van der Waals surface area contributed by atoms with E-state index in [-0.39, 0.29) is 9.87 Å². The highest BCUT2D eigenvalue weighted by atomic mass is 32.2. The summed E-state index contributed by atoms with van der Waals surface area (Å²) in [4.78, 5) is -0.879. The molecule has 114 valence electrons. The van der Waals surface area contributed by atoms with E-state index in [1.807, 2.05) is 0 Å². The van der Waals surface area contributed by atoms with Crippen molar-refractivity contribution in [2.45, 2.75) is 24.6 Å². The molecule has 0 aliphatic heterocycles. The van der Waals surface area contributed by atoms with Gasteiger partial charge in [0, 0.05) is 6.54 Å². The molecule has 9 heteroatoms. The Hall–Kier alpha value is -1.19. The highest BCUT2D eigenvalue weighted by molar-refractivity contribution is 7.89. The van der Waals surface area contributed by atoms with Crippen LogP contribution in [0.2, 0.25) is 0 Å². The van der Waals surface area contributed by atoms with Gasteiger partial charge in [-0.05, 0) is 17.7 Å². The molecule has 0 aliphatic carbocycles. The molecule has 1 aromatic carbocycles. The number of alkyl halides is 3. The summed E-state index contributed by atoms with van der Waals surface area (Å²) >= 11 is 0. The molecule has 0 fully saturated rings. The number of aliphatic hydroxyl groups is 1. The number of aliphatic hydroxyl groups excluding tert-OH is 1. The van der Waals surface area contributed by atoms with Crippen LogP contribution < -0.4 is 0 Å². The van der Waals surface area contributed by atoms with Crippen LogP contribution in [-0.4, -0.2) is 37.1 Å². The highest BCUT2D eigenvalue weighted by Gasteiger charge is 2.37. The second kappa shape index (κ2) is 6.06. The van der Waals surface area contributed by atoms with Gasteiger partial charge in [0.15, 0.2) is 0 Å². The Balaban J connectivity index is 3.27. The third-order valence-corrected chi connectivity index (χ3v) is 4.44. The molecule has 0 saturated heterocycles. The van der Waals surface area contributed by atoms with Crippen LogP contribution in [-0.2, 0) is 16.6 Å². The first-order chi connectivity index (χ1) is 9.11. The molecule has 1 N–H and O–H groups in total. The molecule has 0 aliphatic rings. The van der Waals surface area contributed by atoms with Gasteiger partial charge in [0.2, 0.25) is 10.0 Å². The minimum absolute atomic E-state index is 0.0908. The van der Waals surface area contributed by atoms with Crippen LogP contribution in [0.4, 0.5) is 17.6 Å². The van der Waals surface area contributed by atoms with Gasteiger partial charge in [-0.2, -0.15) is 17.5 Å². The minimum Gasteiger partial charge on any atom is -0.392 e. The molecule has 1 aromatic rings. The lowest BCUT2D eigenvalue weighted by molar-refractivity contribution is -0.135. The van der Waals surface area contributed by atoms with E-state index in [2.05, 4.69) is 0 Å². The lowest BCUT2D eigenvalue weighted by atomic mass is 10.2. The number of sulfonamides is 1. The molecule has 1 rings (SSSR count). The number of nitrogens with zero attached hydrogens (tertiary/aromatic N) is 1. The molecule has 0 spiro atoms. The second-order valence-corrected chi connectivity index (χ2v) is 5.88. The standard InChI is InChI=1S/C11H13F4NO3S/c1-2-16(7-11(13,14)15)20(18,19)10-5-8(6-17)3-4-9(10)12/h3-5,17H,2,6-7H2,1H3. The third-order valence-electron chi connectivity index (χ3n) is 2.50. The number of hydrogen-bond acceptors (Lipinski definition) is 3. The van der Waals surface area contributed by atoms with Gasteiger partial charge < -0.3 is 5.11 Å². The summed E-state index contributed by atoms with van der Waals surface area (Å²) in [5, 5.41) is 8.89. The van der Waals surface area contributed by atoms with Crippen LogP contribution in [0.3, 0.4) is 0 Å². The van der Waals surface area contributed by atoms with E-state index in [0.717, 1.165) is 18.2 Å². The van der Waals surface area contributed by atoms with E-state index in [4.69, 9.17) is 5.11 Å². The normalized spacial score (nSPS) is 12.9. The Labute approximate surface area is 113 Å². The minimum atomic E-state index is -4.73. The van der Waals surface area contributed by atoms with Gasteiger partial charge in [-0.1, -0.05) is 13.0 Å². The Morgan fingerprint density at radius 1 is 1.30 bits per heavy atom. The molecule has 0 aromatic heterocycles. The van der Waals surface area contributed by atoms with E-state index >= 15 is 0 Å². The summed E-state index contributed by atoms with van der Waals surface area (Å²) in [7, 11) is -4.62. The Morgan fingerprint density at radius 3 is 2.35 bits per heavy atom. The van der Waals surface area contributed by atoms with Crippen molar-refractivity contribution in [1.82, 2.24) is 4.31 Å². The fraction of sp³-hybridized carbons (Fsp3) is 0.455. The zero-order chi connectivity index (χ0) is 15.6. The van der Waals surface area contributed by atoms with Crippen molar-refractivity contribution in [3.8, 4) is 0 Å². The molecular weight excluding hydrogens is 302 g/mol. The molecule has 20 heavy (non-hydrogen) atoms. The second-order valence-electron chi connectivity index (χ2n) is 3.97. The van der Waals surface area contributed by atoms with Crippen LogP contribution in [0.25, 0.3) is 0 Å². The predicted octanol–water partition coefficient (Wildman–Crippen LogP) is 1.89. The van der Waals surface area contributed by atoms with Crippen LogP contribution in [0.1, 0.15) is 12.5 Å². The van der Waals surface area contributed by atoms with Gasteiger partial charge in [0.05, 0.1) is 6.61 Å². The Kier molecular flexibility index (Phi) is 5.11. The summed E-state index contributed by atoms with van der Waals surface area (Å²) < 4.78 is 74.8. The molecule has 0 atom stereocenters. The Bertz CT molecular complexity index is 572. The smallest absolute Gasteiger partial charge is 0.392 e. The maximum atomic E-state index is 13.6. The van der Waals surface area contributed by atoms with Crippen molar-refractivity contribution in [2.75, 3.05) is 13.1 Å². The fourth-order valence-corrected chi connectivity index (χ4v) is 3.10. The number of halogens is 4. The quantitative estimate of drug-likeness (QED) is 0.844. The average molecular weight is 315 g/mol. The monoisotopic (exact) mass is 315 g/mol. The summed E-state index contributed by atoms with van der Waals surface area (Å²) in [6.07, 6.45) is -4.73. The van der Waals surface area contributed by atoms with Gasteiger partial charge in [-0.15, -0.1) is 0 Å². The largest absolute Gasteiger partial charge is 0.402 e. The summed E-state index contributed by atoms with van der Waals surface area (Å²) in [6, 6.07) is 2.76. The SMILES string of the molecule is CCN(CC(F)(F)F)S(=O)(=O)c1cc(CO)ccc1F. The maximum Gasteiger partial charge on any atom is 0.402 e. The lowest BCUT2D eigenvalue weighted by Crippen LogP contribution is -2.39. The molecule has 0 unspecified atom stereocenters. The predicted molar refractivity (Wildman–Crippen MR) is 62.8 cm³/mol. The number of benzene rings is 1. The fourth-order valence-electron chi connectivity index (χ4n) is 1.55. The van der Waals surface area contributed by atoms with Crippen LogP contribution in [0.15, 0.2) is 23.1 Å². The van der Waals surface area contributed by atoms with Gasteiger partial charge in [0.25, 0.3) is 0 Å². The van der Waals surface area contributed by atoms with Crippen LogP contribution in [0.5, 0.6) is 0 Å². The highest BCUT2D eigenvalue weighted by Crippen LogP contribution is 2.25. The molecule has 0 saturated carbocycles. The zero-order valence-electron chi connectivity index (χ0n) is 10.5. The van der Waals surface area contributed by atoms with Crippen molar-refractivity contribution in [3.05, 3.63) is 29.6 Å². The van der Waals surface area contributed by atoms with Crippen molar-refractivity contribution in [1.29, 1.82) is 0 Å². The van der Waals surface area contributed by atoms with Crippen LogP contribution in [0, 0.1) is 5.82 Å². The van der Waals surface area contributed by atoms with E-state index in [1.54, 1.807) is 0 Å². The number of rotatable bonds is 5.